The van der Waals surface area contributed by atoms with Crippen LogP contribution >= 0.6 is 0 Å². The zero-order chi connectivity index (χ0) is 14.1. The predicted octanol–water partition coefficient (Wildman–Crippen LogP) is 0.405. The van der Waals surface area contributed by atoms with Gasteiger partial charge in [0.25, 0.3) is 0 Å². The molecule has 0 saturated heterocycles. The van der Waals surface area contributed by atoms with Gasteiger partial charge in [0, 0.05) is 0 Å². The molecule has 0 aliphatic heterocycles. The third kappa shape index (κ3) is 6.81. The van der Waals surface area contributed by atoms with Crippen molar-refractivity contribution in [3.8, 4) is 0 Å². The van der Waals surface area contributed by atoms with E-state index in [1.54, 1.807) is 0 Å². The van der Waals surface area contributed by atoms with Crippen molar-refractivity contribution in [3.05, 3.63) is 35.9 Å². The minimum absolute atomic E-state index is 0.0520. The monoisotopic (exact) mass is 332 g/mol. The third-order valence-electron chi connectivity index (χ3n) is 2.15. The molecule has 0 aliphatic rings. The maximum absolute atomic E-state index is 11.3. The Morgan fingerprint density at radius 3 is 2.68 bits per heavy atom. The number of aliphatic carboxylic acids is 1. The van der Waals surface area contributed by atoms with E-state index in [2.05, 4.69) is 5.32 Å². The molecular formula is C12H16N2O4Se. The molecular weight excluding hydrogens is 315 g/mol. The van der Waals surface area contributed by atoms with E-state index in [9.17, 15) is 9.59 Å². The molecule has 1 unspecified atom stereocenters. The number of alkyl carbamates (subject to hydrolysis) is 1. The molecule has 0 bridgehead atoms. The van der Waals surface area contributed by atoms with Crippen LogP contribution in [0.4, 0.5) is 4.79 Å². The van der Waals surface area contributed by atoms with E-state index < -0.39 is 18.1 Å². The molecule has 0 saturated carbocycles. The van der Waals surface area contributed by atoms with Crippen LogP contribution in [-0.2, 0) is 16.1 Å². The third-order valence-corrected chi connectivity index (χ3v) is 4.13. The zero-order valence-electron chi connectivity index (χ0n) is 10.2. The van der Waals surface area contributed by atoms with Crippen molar-refractivity contribution in [2.24, 2.45) is 5.73 Å². The molecule has 4 N–H and O–H groups in total. The summed E-state index contributed by atoms with van der Waals surface area (Å²) in [7, 11) is 0. The van der Waals surface area contributed by atoms with Crippen molar-refractivity contribution in [3.63, 3.8) is 0 Å². The molecule has 1 aromatic carbocycles. The van der Waals surface area contributed by atoms with Gasteiger partial charge in [0.15, 0.2) is 0 Å². The van der Waals surface area contributed by atoms with Crippen molar-refractivity contribution in [2.45, 2.75) is 18.0 Å². The number of carbonyl (C=O) groups is 2. The van der Waals surface area contributed by atoms with Crippen LogP contribution in [0.3, 0.4) is 0 Å². The molecule has 0 aromatic heterocycles. The Balaban J connectivity index is 2.10. The summed E-state index contributed by atoms with van der Waals surface area (Å²) in [5, 5.41) is 11.5. The summed E-state index contributed by atoms with van der Waals surface area (Å²) in [6, 6.07) is 8.49. The van der Waals surface area contributed by atoms with Gasteiger partial charge in [-0.2, -0.15) is 0 Å². The molecule has 0 spiro atoms. The molecule has 104 valence electrons. The Morgan fingerprint density at radius 1 is 1.37 bits per heavy atom. The average molecular weight is 331 g/mol. The van der Waals surface area contributed by atoms with Gasteiger partial charge < -0.3 is 0 Å². The molecule has 1 amide bonds. The Labute approximate surface area is 117 Å². The van der Waals surface area contributed by atoms with E-state index in [-0.39, 0.29) is 21.6 Å². The topological polar surface area (TPSA) is 102 Å². The Morgan fingerprint density at radius 2 is 2.05 bits per heavy atom. The van der Waals surface area contributed by atoms with Gasteiger partial charge in [0.2, 0.25) is 0 Å². The van der Waals surface area contributed by atoms with E-state index in [1.165, 1.54) is 0 Å². The second-order valence-corrected chi connectivity index (χ2v) is 5.86. The van der Waals surface area contributed by atoms with Crippen LogP contribution < -0.4 is 11.1 Å². The number of benzene rings is 1. The van der Waals surface area contributed by atoms with Gasteiger partial charge >= 0.3 is 117 Å². The number of rotatable bonds is 7. The Hall–Kier alpha value is -1.56. The summed E-state index contributed by atoms with van der Waals surface area (Å²) in [6.07, 6.45) is -0.505. The first-order valence-electron chi connectivity index (χ1n) is 5.60. The summed E-state index contributed by atoms with van der Waals surface area (Å²) in [5.41, 5.74) is 6.66. The Kier molecular flexibility index (Phi) is 6.95. The summed E-state index contributed by atoms with van der Waals surface area (Å²) in [6.45, 7) is 0.217. The van der Waals surface area contributed by atoms with E-state index in [1.807, 2.05) is 30.3 Å². The van der Waals surface area contributed by atoms with Gasteiger partial charge in [-0.25, -0.2) is 0 Å². The minimum atomic E-state index is -1.02. The average Bonchev–Trinajstić information content (AvgIpc) is 2.42. The van der Waals surface area contributed by atoms with Gasteiger partial charge in [-0.05, 0) is 0 Å². The van der Waals surface area contributed by atoms with Crippen molar-refractivity contribution in [1.29, 1.82) is 0 Å². The number of carbonyl (C=O) groups excluding carboxylic acids is 1. The summed E-state index contributed by atoms with van der Waals surface area (Å²) >= 11 is -0.0520. The second kappa shape index (κ2) is 8.53. The quantitative estimate of drug-likeness (QED) is 0.496. The van der Waals surface area contributed by atoms with E-state index >= 15 is 0 Å². The normalized spacial score (nSPS) is 11.6. The van der Waals surface area contributed by atoms with Gasteiger partial charge in [0.05, 0.1) is 0 Å². The summed E-state index contributed by atoms with van der Waals surface area (Å²) < 4.78 is 4.99. The zero-order valence-corrected chi connectivity index (χ0v) is 12.0. The molecule has 19 heavy (non-hydrogen) atoms. The molecule has 1 atom stereocenters. The first-order valence-corrected chi connectivity index (χ1v) is 8.02. The first-order chi connectivity index (χ1) is 9.09. The molecule has 7 heteroatoms. The first kappa shape index (κ1) is 15.5. The molecule has 1 aromatic rings. The van der Waals surface area contributed by atoms with E-state index in [0.717, 1.165) is 5.56 Å². The number of hydrogen-bond acceptors (Lipinski definition) is 4. The molecule has 1 rings (SSSR count). The van der Waals surface area contributed by atoms with Crippen LogP contribution in [0.15, 0.2) is 30.3 Å². The summed E-state index contributed by atoms with van der Waals surface area (Å²) in [4.78, 5) is 21.8. The number of carboxylic acids is 1. The van der Waals surface area contributed by atoms with E-state index in [0.29, 0.717) is 10.8 Å². The molecule has 0 aliphatic carbocycles. The van der Waals surface area contributed by atoms with Crippen LogP contribution in [-0.4, -0.2) is 43.6 Å². The van der Waals surface area contributed by atoms with Crippen molar-refractivity contribution >= 4 is 27.0 Å². The van der Waals surface area contributed by atoms with Gasteiger partial charge in [0.1, 0.15) is 0 Å². The van der Waals surface area contributed by atoms with Crippen LogP contribution in [0.5, 0.6) is 0 Å². The standard InChI is InChI=1S/C12H16N2O4Se/c13-10(11(15)16)7-19-8-14-12(17)18-6-9-4-2-1-3-5-9/h1-5,10H,6-8,13H2,(H,14,17)(H,15,16). The second-order valence-electron chi connectivity index (χ2n) is 3.70. The predicted molar refractivity (Wildman–Crippen MR) is 70.8 cm³/mol. The number of amides is 1. The van der Waals surface area contributed by atoms with Crippen LogP contribution in [0, 0.1) is 0 Å². The van der Waals surface area contributed by atoms with Crippen molar-refractivity contribution in [2.75, 3.05) is 5.44 Å². The fourth-order valence-corrected chi connectivity index (χ4v) is 2.68. The fraction of sp³-hybridized carbons (Fsp3) is 0.333. The van der Waals surface area contributed by atoms with Crippen LogP contribution in [0.25, 0.3) is 0 Å². The number of carboxylic acid groups (broad SMARTS) is 1. The SMILES string of the molecule is NC(C[Se]CNC(=O)OCc1ccccc1)C(=O)O. The van der Waals surface area contributed by atoms with E-state index in [4.69, 9.17) is 15.6 Å². The van der Waals surface area contributed by atoms with Gasteiger partial charge in [-0.3, -0.25) is 0 Å². The van der Waals surface area contributed by atoms with Crippen LogP contribution in [0.1, 0.15) is 5.56 Å². The van der Waals surface area contributed by atoms with Crippen LogP contribution in [0.2, 0.25) is 5.32 Å². The van der Waals surface area contributed by atoms with Crippen molar-refractivity contribution in [1.82, 2.24) is 5.32 Å². The number of nitrogens with two attached hydrogens (primary N) is 1. The molecule has 0 radical (unpaired) electrons. The summed E-state index contributed by atoms with van der Waals surface area (Å²) in [5.74, 6) is -1.02. The molecule has 0 fully saturated rings. The molecule has 6 nitrogen and oxygen atoms in total. The van der Waals surface area contributed by atoms with Gasteiger partial charge in [-0.15, -0.1) is 0 Å². The number of ether oxygens (including phenoxy) is 1. The Bertz CT molecular complexity index is 413. The van der Waals surface area contributed by atoms with Crippen molar-refractivity contribution < 1.29 is 19.4 Å². The fourth-order valence-electron chi connectivity index (χ4n) is 1.14. The van der Waals surface area contributed by atoms with Gasteiger partial charge in [-0.1, -0.05) is 0 Å². The maximum atomic E-state index is 11.3. The number of hydrogen-bond donors (Lipinski definition) is 3. The number of nitrogens with one attached hydrogen (secondary N) is 1. The molecule has 0 heterocycles.